The minimum Gasteiger partial charge on any atom is -0.381 e. The van der Waals surface area contributed by atoms with Gasteiger partial charge in [0, 0.05) is 46.2 Å². The third-order valence-corrected chi connectivity index (χ3v) is 5.32. The van der Waals surface area contributed by atoms with Gasteiger partial charge in [-0.3, -0.25) is 4.79 Å². The molecule has 2 amide bonds. The second-order valence-corrected chi connectivity index (χ2v) is 7.06. The number of azo groups is 2. The number of fused-ring (bicyclic) bond motifs is 3. The van der Waals surface area contributed by atoms with Crippen molar-refractivity contribution in [3.8, 4) is 0 Å². The van der Waals surface area contributed by atoms with E-state index in [9.17, 15) is 9.59 Å². The monoisotopic (exact) mass is 382 g/mol. The van der Waals surface area contributed by atoms with Gasteiger partial charge in [-0.05, 0) is 48.4 Å². The van der Waals surface area contributed by atoms with Crippen LogP contribution in [0.5, 0.6) is 0 Å². The lowest BCUT2D eigenvalue weighted by Crippen LogP contribution is -2.19. The normalized spacial score (nSPS) is 16.1. The van der Waals surface area contributed by atoms with Gasteiger partial charge in [0.25, 0.3) is 0 Å². The minimum absolute atomic E-state index is 0.324. The Labute approximate surface area is 161 Å². The Morgan fingerprint density at radius 2 is 1.81 bits per heavy atom. The summed E-state index contributed by atoms with van der Waals surface area (Å²) < 4.78 is 8.77. The topological polar surface area (TPSA) is 63.7 Å². The Balaban J connectivity index is 1.89. The van der Waals surface area contributed by atoms with E-state index in [1.54, 1.807) is 6.07 Å². The van der Waals surface area contributed by atoms with Crippen LogP contribution in [-0.2, 0) is 4.74 Å². The van der Waals surface area contributed by atoms with Gasteiger partial charge in [-0.15, -0.1) is 0 Å². The molecule has 0 bridgehead atoms. The number of benzene rings is 2. The third-order valence-electron chi connectivity index (χ3n) is 5.03. The number of hydrogen-bond donors (Lipinski definition) is 1. The molecule has 2 heterocycles. The molecular weight excluding hydrogens is 362 g/mol. The van der Waals surface area contributed by atoms with Gasteiger partial charge < -0.3 is 9.30 Å². The summed E-state index contributed by atoms with van der Waals surface area (Å²) in [7, 11) is 1.41. The molecule has 1 aliphatic heterocycles. The van der Waals surface area contributed by atoms with Crippen LogP contribution in [0.3, 0.4) is 0 Å². The van der Waals surface area contributed by atoms with Crippen molar-refractivity contribution in [3.63, 3.8) is 0 Å². The minimum atomic E-state index is -0.583. The number of rotatable bonds is 2. The van der Waals surface area contributed by atoms with Crippen LogP contribution in [0.1, 0.15) is 29.2 Å². The van der Waals surface area contributed by atoms with E-state index in [-0.39, 0.29) is 0 Å². The van der Waals surface area contributed by atoms with Crippen molar-refractivity contribution in [2.45, 2.75) is 18.9 Å². The van der Waals surface area contributed by atoms with E-state index >= 15 is 0 Å². The largest absolute Gasteiger partial charge is 0.470 e. The molecule has 1 fully saturated rings. The molecule has 27 heavy (non-hydrogen) atoms. The first kappa shape index (κ1) is 17.9. The maximum Gasteiger partial charge on any atom is 0.470 e. The van der Waals surface area contributed by atoms with Gasteiger partial charge in [0.05, 0.1) is 5.52 Å². The second kappa shape index (κ2) is 7.25. The Morgan fingerprint density at radius 3 is 2.56 bits per heavy atom. The molecule has 4 rings (SSSR count). The van der Waals surface area contributed by atoms with Gasteiger partial charge in [0.15, 0.2) is 7.05 Å². The van der Waals surface area contributed by atoms with E-state index in [1.807, 2.05) is 24.3 Å². The van der Waals surface area contributed by atoms with Crippen LogP contribution in [0.2, 0.25) is 0 Å². The highest BCUT2D eigenvalue weighted by molar-refractivity contribution is 7.96. The summed E-state index contributed by atoms with van der Waals surface area (Å²) in [4.78, 5) is 23.7. The SMILES string of the molecule is C[N+](=NC(=O)c1ccc2c3ccccc3n(C3CCOCC3)c2c1)C(=O)S. The van der Waals surface area contributed by atoms with Crippen molar-refractivity contribution < 1.29 is 19.0 Å². The lowest BCUT2D eigenvalue weighted by molar-refractivity contribution is -0.451. The Bertz CT molecular complexity index is 1080. The molecule has 1 saturated heterocycles. The molecule has 0 N–H and O–H groups in total. The number of amides is 2. The summed E-state index contributed by atoms with van der Waals surface area (Å²) in [6, 6.07) is 14.2. The van der Waals surface area contributed by atoms with E-state index in [2.05, 4.69) is 34.4 Å². The molecule has 1 aromatic heterocycles. The third kappa shape index (κ3) is 3.28. The first-order valence-electron chi connectivity index (χ1n) is 8.89. The molecule has 2 aromatic carbocycles. The maximum absolute atomic E-state index is 12.5. The number of nitrogens with zero attached hydrogens (tertiary/aromatic N) is 3. The summed E-state index contributed by atoms with van der Waals surface area (Å²) in [6.45, 7) is 1.48. The summed E-state index contributed by atoms with van der Waals surface area (Å²) >= 11 is 3.68. The second-order valence-electron chi connectivity index (χ2n) is 6.67. The molecule has 0 atom stereocenters. The van der Waals surface area contributed by atoms with E-state index in [1.165, 1.54) is 7.05 Å². The molecule has 0 unspecified atom stereocenters. The van der Waals surface area contributed by atoms with E-state index < -0.39 is 11.1 Å². The van der Waals surface area contributed by atoms with Crippen LogP contribution in [-0.4, -0.2) is 40.7 Å². The zero-order chi connectivity index (χ0) is 19.0. The molecular formula is C20H20N3O3S+. The summed E-state index contributed by atoms with van der Waals surface area (Å²) in [5, 5.41) is 5.47. The van der Waals surface area contributed by atoms with Crippen LogP contribution in [0, 0.1) is 0 Å². The van der Waals surface area contributed by atoms with Crippen molar-refractivity contribution in [1.82, 2.24) is 4.57 Å². The number of hydrogen-bond acceptors (Lipinski definition) is 3. The quantitative estimate of drug-likeness (QED) is 0.405. The van der Waals surface area contributed by atoms with Crippen molar-refractivity contribution in [1.29, 1.82) is 0 Å². The predicted octanol–water partition coefficient (Wildman–Crippen LogP) is 4.43. The zero-order valence-corrected chi connectivity index (χ0v) is 15.9. The summed E-state index contributed by atoms with van der Waals surface area (Å²) in [6.07, 6.45) is 1.88. The molecule has 0 aliphatic carbocycles. The molecule has 0 radical (unpaired) electrons. The average molecular weight is 382 g/mol. The van der Waals surface area contributed by atoms with Gasteiger partial charge in [-0.2, -0.15) is 0 Å². The highest BCUT2D eigenvalue weighted by Gasteiger charge is 2.22. The van der Waals surface area contributed by atoms with Crippen molar-refractivity contribution in [2.75, 3.05) is 20.3 Å². The van der Waals surface area contributed by atoms with Gasteiger partial charge in [-0.1, -0.05) is 24.3 Å². The van der Waals surface area contributed by atoms with Gasteiger partial charge in [-0.25, -0.2) is 4.79 Å². The Morgan fingerprint density at radius 1 is 1.11 bits per heavy atom. The van der Waals surface area contributed by atoms with E-state index in [4.69, 9.17) is 4.74 Å². The van der Waals surface area contributed by atoms with Crippen LogP contribution in [0.4, 0.5) is 4.79 Å². The molecule has 0 saturated carbocycles. The van der Waals surface area contributed by atoms with Gasteiger partial charge in [0.1, 0.15) is 0 Å². The zero-order valence-electron chi connectivity index (χ0n) is 15.0. The molecule has 0 spiro atoms. The Kier molecular flexibility index (Phi) is 4.80. The van der Waals surface area contributed by atoms with E-state index in [0.29, 0.717) is 11.6 Å². The standard InChI is InChI=1S/C20H19N3O3S/c1-22(20(25)27)21-19(24)13-6-7-16-15-4-2-3-5-17(15)23(18(16)12-13)14-8-10-26-11-9-14/h2-7,12,14H,8-11H2,1H3/p+1. The predicted molar refractivity (Wildman–Crippen MR) is 106 cm³/mol. The Hall–Kier alpha value is -2.51. The lowest BCUT2D eigenvalue weighted by Gasteiger charge is -2.25. The molecule has 1 aliphatic rings. The number of carbonyl (C=O) groups is 2. The first-order chi connectivity index (χ1) is 13.1. The lowest BCUT2D eigenvalue weighted by atomic mass is 10.1. The first-order valence-corrected chi connectivity index (χ1v) is 9.34. The molecule has 6 nitrogen and oxygen atoms in total. The fourth-order valence-corrected chi connectivity index (χ4v) is 3.75. The number of carbonyl (C=O) groups excluding carboxylic acids is 2. The smallest absolute Gasteiger partial charge is 0.381 e. The fraction of sp³-hybridized carbons (Fsp3) is 0.300. The molecule has 7 heteroatoms. The maximum atomic E-state index is 12.5. The van der Waals surface area contributed by atoms with Gasteiger partial charge in [0.2, 0.25) is 0 Å². The highest BCUT2D eigenvalue weighted by Crippen LogP contribution is 2.35. The molecule has 138 valence electrons. The van der Waals surface area contributed by atoms with Crippen LogP contribution >= 0.6 is 12.6 Å². The number of para-hydroxylation sites is 1. The average Bonchev–Trinajstić information content (AvgIpc) is 3.02. The number of ether oxygens (including phenoxy) is 1. The van der Waals surface area contributed by atoms with E-state index in [0.717, 1.165) is 52.6 Å². The summed E-state index contributed by atoms with van der Waals surface area (Å²) in [5.41, 5.74) is 2.60. The van der Waals surface area contributed by atoms with Gasteiger partial charge >= 0.3 is 11.1 Å². The van der Waals surface area contributed by atoms with Crippen molar-refractivity contribution in [2.24, 2.45) is 5.11 Å². The van der Waals surface area contributed by atoms with Crippen molar-refractivity contribution in [3.05, 3.63) is 48.0 Å². The molecule has 3 aromatic rings. The van der Waals surface area contributed by atoms with Crippen LogP contribution < -0.4 is 0 Å². The van der Waals surface area contributed by atoms with Crippen LogP contribution in [0.15, 0.2) is 47.6 Å². The summed E-state index contributed by atoms with van der Waals surface area (Å²) in [5.74, 6) is -0.467. The number of aromatic nitrogens is 1. The fourth-order valence-electron chi connectivity index (χ4n) is 3.71. The van der Waals surface area contributed by atoms with Crippen LogP contribution in [0.25, 0.3) is 21.8 Å². The highest BCUT2D eigenvalue weighted by atomic mass is 32.1. The van der Waals surface area contributed by atoms with Crippen molar-refractivity contribution >= 4 is 45.6 Å². The number of thiol groups is 1.